The lowest BCUT2D eigenvalue weighted by Gasteiger charge is -2.09. The molecule has 4 N–H and O–H groups in total. The molecule has 2 amide bonds. The van der Waals surface area contributed by atoms with Crippen molar-refractivity contribution < 1.29 is 9.53 Å². The molecule has 0 bridgehead atoms. The highest BCUT2D eigenvalue weighted by atomic mass is 16.5. The highest BCUT2D eigenvalue weighted by Crippen LogP contribution is 2.23. The summed E-state index contributed by atoms with van der Waals surface area (Å²) in [4.78, 5) is 11.0. The predicted molar refractivity (Wildman–Crippen MR) is 91.1 cm³/mol. The minimum atomic E-state index is -0.408. The molecule has 0 aliphatic carbocycles. The van der Waals surface area contributed by atoms with E-state index in [-0.39, 0.29) is 0 Å². The third kappa shape index (κ3) is 5.64. The second-order valence-electron chi connectivity index (χ2n) is 5.32. The molecule has 2 aromatic rings. The molecule has 2 aromatic carbocycles. The number of hydrazine groups is 1. The molecule has 5 nitrogen and oxygen atoms in total. The van der Waals surface area contributed by atoms with Crippen molar-refractivity contribution in [1.29, 1.82) is 0 Å². The molecule has 0 fully saturated rings. The molecule has 0 atom stereocenters. The minimum Gasteiger partial charge on any atom is -0.457 e. The molecule has 0 unspecified atom stereocenters. The molecule has 0 saturated carbocycles. The number of benzene rings is 2. The van der Waals surface area contributed by atoms with Gasteiger partial charge in [-0.2, -0.15) is 0 Å². The van der Waals surface area contributed by atoms with Gasteiger partial charge in [0.25, 0.3) is 0 Å². The van der Waals surface area contributed by atoms with Gasteiger partial charge in [0.2, 0.25) is 0 Å². The standard InChI is InChI=1S/C18H23N3O2/c1-2-3-5-14-6-4-7-17(12-14)23-16-10-8-15(9-11-16)13-20-18(22)21-19/h4,6-12H,2-3,5,13,19H2,1H3,(H2,20,21,22). The van der Waals surface area contributed by atoms with Crippen molar-refractivity contribution >= 4 is 6.03 Å². The zero-order valence-corrected chi connectivity index (χ0v) is 13.3. The van der Waals surface area contributed by atoms with Gasteiger partial charge < -0.3 is 10.1 Å². The van der Waals surface area contributed by atoms with E-state index in [1.807, 2.05) is 41.8 Å². The number of amides is 2. The lowest BCUT2D eigenvalue weighted by Crippen LogP contribution is -2.39. The number of nitrogens with two attached hydrogens (primary N) is 1. The number of carbonyl (C=O) groups excluding carboxylic acids is 1. The zero-order chi connectivity index (χ0) is 16.5. The number of aryl methyl sites for hydroxylation is 1. The Bertz CT molecular complexity index is 626. The molecule has 0 heterocycles. The Morgan fingerprint density at radius 1 is 1.09 bits per heavy atom. The number of urea groups is 1. The molecule has 0 aliphatic heterocycles. The number of carbonyl (C=O) groups is 1. The van der Waals surface area contributed by atoms with Gasteiger partial charge in [0, 0.05) is 6.54 Å². The maximum Gasteiger partial charge on any atom is 0.329 e. The fourth-order valence-electron chi connectivity index (χ4n) is 2.19. The SMILES string of the molecule is CCCCc1cccc(Oc2ccc(CNC(=O)NN)cc2)c1. The topological polar surface area (TPSA) is 76.4 Å². The first-order chi connectivity index (χ1) is 11.2. The van der Waals surface area contributed by atoms with E-state index >= 15 is 0 Å². The van der Waals surface area contributed by atoms with Gasteiger partial charge in [0.15, 0.2) is 0 Å². The van der Waals surface area contributed by atoms with E-state index < -0.39 is 6.03 Å². The molecule has 0 saturated heterocycles. The summed E-state index contributed by atoms with van der Waals surface area (Å²) in [6.45, 7) is 2.60. The van der Waals surface area contributed by atoms with Gasteiger partial charge >= 0.3 is 6.03 Å². The van der Waals surface area contributed by atoms with Crippen LogP contribution in [0.25, 0.3) is 0 Å². The van der Waals surface area contributed by atoms with Crippen molar-refractivity contribution in [1.82, 2.24) is 10.7 Å². The van der Waals surface area contributed by atoms with Crippen molar-refractivity contribution in [3.05, 3.63) is 59.7 Å². The Labute approximate surface area is 136 Å². The molecule has 0 radical (unpaired) electrons. The van der Waals surface area contributed by atoms with Gasteiger partial charge in [-0.15, -0.1) is 0 Å². The summed E-state index contributed by atoms with van der Waals surface area (Å²) in [5.74, 6) is 6.61. The van der Waals surface area contributed by atoms with E-state index in [1.54, 1.807) is 0 Å². The first kappa shape index (κ1) is 16.8. The molecule has 0 aliphatic rings. The van der Waals surface area contributed by atoms with E-state index in [0.29, 0.717) is 6.54 Å². The molecule has 23 heavy (non-hydrogen) atoms. The summed E-state index contributed by atoms with van der Waals surface area (Å²) in [5, 5.41) is 2.63. The maximum atomic E-state index is 11.0. The highest BCUT2D eigenvalue weighted by Gasteiger charge is 2.01. The van der Waals surface area contributed by atoms with E-state index in [4.69, 9.17) is 10.6 Å². The van der Waals surface area contributed by atoms with E-state index in [0.717, 1.165) is 23.5 Å². The minimum absolute atomic E-state index is 0.408. The predicted octanol–water partition coefficient (Wildman–Crippen LogP) is 3.49. The van der Waals surface area contributed by atoms with Gasteiger partial charge in [0.1, 0.15) is 11.5 Å². The summed E-state index contributed by atoms with van der Waals surface area (Å²) < 4.78 is 5.88. The largest absolute Gasteiger partial charge is 0.457 e. The van der Waals surface area contributed by atoms with Crippen molar-refractivity contribution in [2.45, 2.75) is 32.7 Å². The van der Waals surface area contributed by atoms with Crippen LogP contribution in [0.2, 0.25) is 0 Å². The number of hydrogen-bond donors (Lipinski definition) is 3. The van der Waals surface area contributed by atoms with E-state index in [9.17, 15) is 4.79 Å². The fourth-order valence-corrected chi connectivity index (χ4v) is 2.19. The normalized spacial score (nSPS) is 10.2. The van der Waals surface area contributed by atoms with E-state index in [2.05, 4.69) is 24.4 Å². The number of hydrogen-bond acceptors (Lipinski definition) is 3. The third-order valence-corrected chi connectivity index (χ3v) is 3.46. The maximum absolute atomic E-state index is 11.0. The summed E-state index contributed by atoms with van der Waals surface area (Å²) in [5.41, 5.74) is 4.28. The second-order valence-corrected chi connectivity index (χ2v) is 5.32. The molecule has 0 aromatic heterocycles. The first-order valence-electron chi connectivity index (χ1n) is 7.81. The third-order valence-electron chi connectivity index (χ3n) is 3.46. The highest BCUT2D eigenvalue weighted by molar-refractivity contribution is 5.73. The van der Waals surface area contributed by atoms with Gasteiger partial charge in [-0.3, -0.25) is 5.43 Å². The van der Waals surface area contributed by atoms with Crippen LogP contribution in [0.1, 0.15) is 30.9 Å². The molecule has 5 heteroatoms. The van der Waals surface area contributed by atoms with Gasteiger partial charge in [-0.25, -0.2) is 10.6 Å². The molecule has 2 rings (SSSR count). The Kier molecular flexibility index (Phi) is 6.44. The Morgan fingerprint density at radius 2 is 1.87 bits per heavy atom. The van der Waals surface area contributed by atoms with Crippen LogP contribution >= 0.6 is 0 Å². The Balaban J connectivity index is 1.94. The lowest BCUT2D eigenvalue weighted by molar-refractivity contribution is 0.241. The van der Waals surface area contributed by atoms with Crippen molar-refractivity contribution in [2.75, 3.05) is 0 Å². The van der Waals surface area contributed by atoms with Crippen LogP contribution in [-0.2, 0) is 13.0 Å². The summed E-state index contributed by atoms with van der Waals surface area (Å²) >= 11 is 0. The van der Waals surface area contributed by atoms with Crippen LogP contribution < -0.4 is 21.3 Å². The van der Waals surface area contributed by atoms with Crippen LogP contribution in [0.4, 0.5) is 4.79 Å². The second kappa shape index (κ2) is 8.80. The summed E-state index contributed by atoms with van der Waals surface area (Å²) in [7, 11) is 0. The summed E-state index contributed by atoms with van der Waals surface area (Å²) in [6.07, 6.45) is 3.44. The van der Waals surface area contributed by atoms with Crippen LogP contribution in [-0.4, -0.2) is 6.03 Å². The smallest absolute Gasteiger partial charge is 0.329 e. The average molecular weight is 313 g/mol. The van der Waals surface area contributed by atoms with Crippen molar-refractivity contribution in [2.24, 2.45) is 5.84 Å². The number of rotatable bonds is 7. The van der Waals surface area contributed by atoms with E-state index in [1.165, 1.54) is 18.4 Å². The van der Waals surface area contributed by atoms with Crippen LogP contribution in [0.5, 0.6) is 11.5 Å². The molecule has 0 spiro atoms. The average Bonchev–Trinajstić information content (AvgIpc) is 2.59. The van der Waals surface area contributed by atoms with Crippen molar-refractivity contribution in [3.63, 3.8) is 0 Å². The fraction of sp³-hybridized carbons (Fsp3) is 0.278. The number of unbranched alkanes of at least 4 members (excludes halogenated alkanes) is 1. The Morgan fingerprint density at radius 3 is 2.57 bits per heavy atom. The molecular formula is C18H23N3O2. The molecular weight excluding hydrogens is 290 g/mol. The van der Waals surface area contributed by atoms with Gasteiger partial charge in [0.05, 0.1) is 0 Å². The quantitative estimate of drug-likeness (QED) is 0.416. The molecule has 122 valence electrons. The van der Waals surface area contributed by atoms with Gasteiger partial charge in [-0.1, -0.05) is 37.6 Å². The number of nitrogens with one attached hydrogen (secondary N) is 2. The number of ether oxygens (including phenoxy) is 1. The van der Waals surface area contributed by atoms with Crippen LogP contribution in [0, 0.1) is 0 Å². The first-order valence-corrected chi connectivity index (χ1v) is 7.81. The lowest BCUT2D eigenvalue weighted by atomic mass is 10.1. The van der Waals surface area contributed by atoms with Crippen molar-refractivity contribution in [3.8, 4) is 11.5 Å². The van der Waals surface area contributed by atoms with Gasteiger partial charge in [-0.05, 0) is 48.2 Å². The Hall–Kier alpha value is -2.53. The van der Waals surface area contributed by atoms with Crippen LogP contribution in [0.15, 0.2) is 48.5 Å². The summed E-state index contributed by atoms with van der Waals surface area (Å²) in [6, 6.07) is 15.4. The van der Waals surface area contributed by atoms with Crippen LogP contribution in [0.3, 0.4) is 0 Å². The monoisotopic (exact) mass is 313 g/mol. The zero-order valence-electron chi connectivity index (χ0n) is 13.3.